The lowest BCUT2D eigenvalue weighted by Crippen LogP contribution is -2.16. The Labute approximate surface area is 150 Å². The number of amides is 1. The van der Waals surface area contributed by atoms with Gasteiger partial charge in [0.25, 0.3) is 5.91 Å². The average molecular weight is 367 g/mol. The largest absolute Gasteiger partial charge is 0.495 e. The summed E-state index contributed by atoms with van der Waals surface area (Å²) in [5.74, 6) is 0.937. The highest BCUT2D eigenvalue weighted by Crippen LogP contribution is 2.36. The number of benzene rings is 1. The van der Waals surface area contributed by atoms with E-state index in [1.807, 2.05) is 0 Å². The Bertz CT molecular complexity index is 742. The SMILES string of the molecule is COCCNc1cc(C(=O)Nc2cc(OC)c(Cl)cc2OC)ncn1. The Hall–Kier alpha value is -2.58. The molecular weight excluding hydrogens is 348 g/mol. The van der Waals surface area contributed by atoms with Crippen LogP contribution in [-0.4, -0.2) is 50.4 Å². The Morgan fingerprint density at radius 1 is 1.12 bits per heavy atom. The zero-order chi connectivity index (χ0) is 18.2. The molecule has 8 nitrogen and oxygen atoms in total. The fourth-order valence-electron chi connectivity index (χ4n) is 2.00. The van der Waals surface area contributed by atoms with Gasteiger partial charge in [-0.3, -0.25) is 4.79 Å². The molecule has 2 aromatic rings. The van der Waals surface area contributed by atoms with Gasteiger partial charge in [0.15, 0.2) is 0 Å². The number of halogens is 1. The molecule has 25 heavy (non-hydrogen) atoms. The first-order valence-corrected chi connectivity index (χ1v) is 7.74. The zero-order valence-electron chi connectivity index (χ0n) is 14.1. The minimum Gasteiger partial charge on any atom is -0.495 e. The number of anilines is 2. The molecule has 1 aromatic heterocycles. The molecule has 0 saturated heterocycles. The van der Waals surface area contributed by atoms with E-state index in [2.05, 4.69) is 20.6 Å². The molecule has 2 rings (SSSR count). The van der Waals surface area contributed by atoms with Crippen LogP contribution in [0, 0.1) is 0 Å². The number of carbonyl (C=O) groups excluding carboxylic acids is 1. The molecule has 0 atom stereocenters. The van der Waals surface area contributed by atoms with Crippen LogP contribution in [0.3, 0.4) is 0 Å². The van der Waals surface area contributed by atoms with Gasteiger partial charge in [-0.1, -0.05) is 11.6 Å². The number of methoxy groups -OCH3 is 3. The molecule has 0 fully saturated rings. The van der Waals surface area contributed by atoms with Crippen LogP contribution in [0.5, 0.6) is 11.5 Å². The molecule has 2 N–H and O–H groups in total. The molecule has 0 aliphatic heterocycles. The van der Waals surface area contributed by atoms with Gasteiger partial charge in [-0.05, 0) is 0 Å². The summed E-state index contributed by atoms with van der Waals surface area (Å²) in [5, 5.41) is 6.14. The number of hydrogen-bond acceptors (Lipinski definition) is 7. The summed E-state index contributed by atoms with van der Waals surface area (Å²) >= 11 is 6.06. The second-order valence-electron chi connectivity index (χ2n) is 4.85. The number of hydrogen-bond donors (Lipinski definition) is 2. The third-order valence-electron chi connectivity index (χ3n) is 3.23. The predicted octanol–water partition coefficient (Wildman–Crippen LogP) is 2.46. The Morgan fingerprint density at radius 3 is 2.56 bits per heavy atom. The number of carbonyl (C=O) groups is 1. The topological polar surface area (TPSA) is 94.6 Å². The van der Waals surface area contributed by atoms with Crippen LogP contribution in [-0.2, 0) is 4.74 Å². The smallest absolute Gasteiger partial charge is 0.274 e. The van der Waals surface area contributed by atoms with Gasteiger partial charge < -0.3 is 24.8 Å². The molecule has 0 aliphatic carbocycles. The summed E-state index contributed by atoms with van der Waals surface area (Å²) in [6.45, 7) is 1.09. The maximum atomic E-state index is 12.5. The van der Waals surface area contributed by atoms with Crippen LogP contribution >= 0.6 is 11.6 Å². The molecule has 0 unspecified atom stereocenters. The summed E-state index contributed by atoms with van der Waals surface area (Å²) in [6.07, 6.45) is 1.31. The molecule has 0 radical (unpaired) electrons. The quantitative estimate of drug-likeness (QED) is 0.693. The van der Waals surface area contributed by atoms with E-state index >= 15 is 0 Å². The Kier molecular flexibility index (Phi) is 6.79. The summed E-state index contributed by atoms with van der Waals surface area (Å²) in [7, 11) is 4.58. The number of nitrogens with zero attached hydrogens (tertiary/aromatic N) is 2. The normalized spacial score (nSPS) is 10.2. The van der Waals surface area contributed by atoms with E-state index in [-0.39, 0.29) is 5.69 Å². The van der Waals surface area contributed by atoms with Crippen LogP contribution < -0.4 is 20.1 Å². The van der Waals surface area contributed by atoms with Crippen molar-refractivity contribution in [2.45, 2.75) is 0 Å². The van der Waals surface area contributed by atoms with Gasteiger partial charge in [0.2, 0.25) is 0 Å². The van der Waals surface area contributed by atoms with Crippen molar-refractivity contribution < 1.29 is 19.0 Å². The van der Waals surface area contributed by atoms with Crippen molar-refractivity contribution in [3.63, 3.8) is 0 Å². The van der Waals surface area contributed by atoms with Crippen molar-refractivity contribution >= 4 is 29.0 Å². The minimum absolute atomic E-state index is 0.200. The second-order valence-corrected chi connectivity index (χ2v) is 5.26. The first kappa shape index (κ1) is 18.8. The van der Waals surface area contributed by atoms with Crippen LogP contribution in [0.25, 0.3) is 0 Å². The fraction of sp³-hybridized carbons (Fsp3) is 0.312. The predicted molar refractivity (Wildman–Crippen MR) is 94.9 cm³/mol. The highest BCUT2D eigenvalue weighted by Gasteiger charge is 2.15. The van der Waals surface area contributed by atoms with Crippen LogP contribution in [0.15, 0.2) is 24.5 Å². The van der Waals surface area contributed by atoms with Gasteiger partial charge in [-0.2, -0.15) is 0 Å². The molecule has 0 saturated carbocycles. The van der Waals surface area contributed by atoms with Crippen LogP contribution in [0.1, 0.15) is 10.5 Å². The van der Waals surface area contributed by atoms with Crippen molar-refractivity contribution in [3.8, 4) is 11.5 Å². The minimum atomic E-state index is -0.417. The second kappa shape index (κ2) is 9.05. The van der Waals surface area contributed by atoms with Crippen molar-refractivity contribution in [2.24, 2.45) is 0 Å². The molecule has 1 amide bonds. The fourth-order valence-corrected chi connectivity index (χ4v) is 2.23. The van der Waals surface area contributed by atoms with Crippen molar-refractivity contribution in [2.75, 3.05) is 45.1 Å². The van der Waals surface area contributed by atoms with Crippen molar-refractivity contribution in [1.29, 1.82) is 0 Å². The average Bonchev–Trinajstić information content (AvgIpc) is 2.63. The lowest BCUT2D eigenvalue weighted by atomic mass is 10.2. The standard InChI is InChI=1S/C16H19ClN4O4/c1-23-5-4-18-15-8-12(19-9-20-15)16(22)21-11-7-13(24-2)10(17)6-14(11)25-3/h6-9H,4-5H2,1-3H3,(H,21,22)(H,18,19,20). The third-order valence-corrected chi connectivity index (χ3v) is 3.53. The summed E-state index contributed by atoms with van der Waals surface area (Å²) in [5.41, 5.74) is 0.618. The van der Waals surface area contributed by atoms with Gasteiger partial charge in [0, 0.05) is 31.9 Å². The highest BCUT2D eigenvalue weighted by molar-refractivity contribution is 6.32. The molecule has 1 aromatic carbocycles. The van der Waals surface area contributed by atoms with E-state index in [9.17, 15) is 4.79 Å². The first-order chi connectivity index (χ1) is 12.1. The number of rotatable bonds is 8. The van der Waals surface area contributed by atoms with Gasteiger partial charge in [-0.15, -0.1) is 0 Å². The van der Waals surface area contributed by atoms with Gasteiger partial charge in [0.1, 0.15) is 29.3 Å². The first-order valence-electron chi connectivity index (χ1n) is 7.36. The molecule has 0 aliphatic rings. The van der Waals surface area contributed by atoms with E-state index in [1.54, 1.807) is 25.3 Å². The summed E-state index contributed by atoms with van der Waals surface area (Å²) in [6, 6.07) is 4.69. The third kappa shape index (κ3) is 4.94. The number of nitrogens with one attached hydrogen (secondary N) is 2. The molecule has 1 heterocycles. The van der Waals surface area contributed by atoms with Crippen LogP contribution in [0.4, 0.5) is 11.5 Å². The molecular formula is C16H19ClN4O4. The lowest BCUT2D eigenvalue weighted by Gasteiger charge is -2.13. The van der Waals surface area contributed by atoms with Gasteiger partial charge in [-0.25, -0.2) is 9.97 Å². The maximum absolute atomic E-state index is 12.5. The van der Waals surface area contributed by atoms with Crippen LogP contribution in [0.2, 0.25) is 5.02 Å². The summed E-state index contributed by atoms with van der Waals surface area (Å²) in [4.78, 5) is 20.5. The van der Waals surface area contributed by atoms with E-state index in [1.165, 1.54) is 20.5 Å². The molecule has 0 bridgehead atoms. The molecule has 134 valence electrons. The highest BCUT2D eigenvalue weighted by atomic mass is 35.5. The van der Waals surface area contributed by atoms with E-state index < -0.39 is 5.91 Å². The Morgan fingerprint density at radius 2 is 1.88 bits per heavy atom. The van der Waals surface area contributed by atoms with E-state index in [4.69, 9.17) is 25.8 Å². The van der Waals surface area contributed by atoms with Crippen molar-refractivity contribution in [3.05, 3.63) is 35.2 Å². The molecule has 9 heteroatoms. The Balaban J connectivity index is 2.18. The zero-order valence-corrected chi connectivity index (χ0v) is 14.9. The van der Waals surface area contributed by atoms with E-state index in [0.29, 0.717) is 41.2 Å². The lowest BCUT2D eigenvalue weighted by molar-refractivity contribution is 0.102. The number of aromatic nitrogens is 2. The van der Waals surface area contributed by atoms with Crippen molar-refractivity contribution in [1.82, 2.24) is 9.97 Å². The number of ether oxygens (including phenoxy) is 3. The molecule has 0 spiro atoms. The van der Waals surface area contributed by atoms with Gasteiger partial charge in [0.05, 0.1) is 31.5 Å². The van der Waals surface area contributed by atoms with Gasteiger partial charge >= 0.3 is 0 Å². The summed E-state index contributed by atoms with van der Waals surface area (Å²) < 4.78 is 15.4. The maximum Gasteiger partial charge on any atom is 0.274 e. The van der Waals surface area contributed by atoms with E-state index in [0.717, 1.165) is 0 Å². The monoisotopic (exact) mass is 366 g/mol.